The van der Waals surface area contributed by atoms with Crippen molar-refractivity contribution in [2.24, 2.45) is 0 Å². The van der Waals surface area contributed by atoms with Gasteiger partial charge in [0.1, 0.15) is 5.75 Å². The highest BCUT2D eigenvalue weighted by Gasteiger charge is 2.03. The van der Waals surface area contributed by atoms with Gasteiger partial charge in [-0.05, 0) is 49.6 Å². The Morgan fingerprint density at radius 3 is 2.67 bits per heavy atom. The van der Waals surface area contributed by atoms with E-state index in [0.717, 1.165) is 23.7 Å². The first kappa shape index (κ1) is 15.3. The molecule has 0 amide bonds. The van der Waals surface area contributed by atoms with Crippen LogP contribution in [0, 0.1) is 0 Å². The number of hydrogen-bond acceptors (Lipinski definition) is 2. The molecule has 1 aromatic carbocycles. The molecule has 0 saturated carbocycles. The topological polar surface area (TPSA) is 21.3 Å². The number of ether oxygens (including phenoxy) is 1. The van der Waals surface area contributed by atoms with E-state index in [-0.39, 0.29) is 0 Å². The molecule has 1 N–H and O–H groups in total. The van der Waals surface area contributed by atoms with E-state index in [1.165, 1.54) is 24.8 Å². The van der Waals surface area contributed by atoms with Crippen molar-refractivity contribution in [3.63, 3.8) is 0 Å². The molecular weight excluding hydrogens is 246 g/mol. The zero-order valence-corrected chi connectivity index (χ0v) is 12.4. The van der Waals surface area contributed by atoms with Crippen LogP contribution in [0.2, 0.25) is 5.02 Å². The van der Waals surface area contributed by atoms with Crippen molar-refractivity contribution >= 4 is 11.6 Å². The lowest BCUT2D eigenvalue weighted by atomic mass is 10.1. The van der Waals surface area contributed by atoms with E-state index in [4.69, 9.17) is 16.3 Å². The number of benzene rings is 1. The number of rotatable bonds is 8. The van der Waals surface area contributed by atoms with Crippen LogP contribution < -0.4 is 10.1 Å². The van der Waals surface area contributed by atoms with Crippen LogP contribution in [-0.4, -0.2) is 19.7 Å². The molecule has 0 aliphatic rings. The summed E-state index contributed by atoms with van der Waals surface area (Å²) in [5.41, 5.74) is 1.21. The van der Waals surface area contributed by atoms with Gasteiger partial charge in [-0.1, -0.05) is 31.9 Å². The highest BCUT2D eigenvalue weighted by atomic mass is 35.5. The van der Waals surface area contributed by atoms with Crippen LogP contribution in [0.4, 0.5) is 0 Å². The minimum atomic E-state index is 0.582. The van der Waals surface area contributed by atoms with Crippen LogP contribution in [0.15, 0.2) is 18.2 Å². The second-order valence-electron chi connectivity index (χ2n) is 4.88. The van der Waals surface area contributed by atoms with Gasteiger partial charge >= 0.3 is 0 Å². The van der Waals surface area contributed by atoms with Crippen molar-refractivity contribution in [1.82, 2.24) is 5.32 Å². The SMILES string of the molecule is COc1ccc(Cl)cc1CCCCCNC(C)C. The molecule has 3 heteroatoms. The van der Waals surface area contributed by atoms with Gasteiger partial charge in [0.2, 0.25) is 0 Å². The molecule has 0 bridgehead atoms. The average molecular weight is 270 g/mol. The van der Waals surface area contributed by atoms with Crippen molar-refractivity contribution in [2.75, 3.05) is 13.7 Å². The molecule has 0 aliphatic carbocycles. The maximum atomic E-state index is 6.01. The highest BCUT2D eigenvalue weighted by Crippen LogP contribution is 2.24. The van der Waals surface area contributed by atoms with Crippen LogP contribution >= 0.6 is 11.6 Å². The van der Waals surface area contributed by atoms with Crippen molar-refractivity contribution in [3.05, 3.63) is 28.8 Å². The molecule has 0 fully saturated rings. The van der Waals surface area contributed by atoms with Crippen molar-refractivity contribution in [3.8, 4) is 5.75 Å². The summed E-state index contributed by atoms with van der Waals surface area (Å²) in [6, 6.07) is 6.40. The normalized spacial score (nSPS) is 10.9. The summed E-state index contributed by atoms with van der Waals surface area (Å²) >= 11 is 6.01. The molecule has 0 atom stereocenters. The van der Waals surface area contributed by atoms with Gasteiger partial charge in [-0.2, -0.15) is 0 Å². The third-order valence-electron chi connectivity index (χ3n) is 2.92. The molecule has 2 nitrogen and oxygen atoms in total. The molecule has 0 radical (unpaired) electrons. The molecule has 0 aliphatic heterocycles. The van der Waals surface area contributed by atoms with Crippen LogP contribution in [0.5, 0.6) is 5.75 Å². The molecule has 102 valence electrons. The molecule has 0 unspecified atom stereocenters. The predicted octanol–water partition coefficient (Wildman–Crippen LogP) is 4.06. The Morgan fingerprint density at radius 1 is 1.22 bits per heavy atom. The lowest BCUT2D eigenvalue weighted by molar-refractivity contribution is 0.408. The first-order valence-corrected chi connectivity index (χ1v) is 7.07. The fourth-order valence-corrected chi connectivity index (χ4v) is 2.15. The van der Waals surface area contributed by atoms with Gasteiger partial charge in [0.15, 0.2) is 0 Å². The van der Waals surface area contributed by atoms with E-state index >= 15 is 0 Å². The third-order valence-corrected chi connectivity index (χ3v) is 3.15. The largest absolute Gasteiger partial charge is 0.496 e. The summed E-state index contributed by atoms with van der Waals surface area (Å²) in [5.74, 6) is 0.944. The monoisotopic (exact) mass is 269 g/mol. The standard InChI is InChI=1S/C15H24ClNO/c1-12(2)17-10-6-4-5-7-13-11-14(16)8-9-15(13)18-3/h8-9,11-12,17H,4-7,10H2,1-3H3. The summed E-state index contributed by atoms with van der Waals surface area (Å²) in [5, 5.41) is 4.21. The molecule has 0 saturated heterocycles. The van der Waals surface area contributed by atoms with E-state index < -0.39 is 0 Å². The maximum absolute atomic E-state index is 6.01. The number of halogens is 1. The Bertz CT molecular complexity index is 352. The smallest absolute Gasteiger partial charge is 0.122 e. The Balaban J connectivity index is 2.28. The van der Waals surface area contributed by atoms with Gasteiger partial charge in [0.05, 0.1) is 7.11 Å². The average Bonchev–Trinajstić information content (AvgIpc) is 2.33. The second-order valence-corrected chi connectivity index (χ2v) is 5.31. The fourth-order valence-electron chi connectivity index (χ4n) is 1.95. The lowest BCUT2D eigenvalue weighted by Gasteiger charge is -2.10. The summed E-state index contributed by atoms with van der Waals surface area (Å²) in [4.78, 5) is 0. The van der Waals surface area contributed by atoms with Crippen molar-refractivity contribution < 1.29 is 4.74 Å². The van der Waals surface area contributed by atoms with Crippen LogP contribution in [0.1, 0.15) is 38.7 Å². The fraction of sp³-hybridized carbons (Fsp3) is 0.600. The van der Waals surface area contributed by atoms with E-state index in [9.17, 15) is 0 Å². The van der Waals surface area contributed by atoms with Gasteiger partial charge in [0.25, 0.3) is 0 Å². The summed E-state index contributed by atoms with van der Waals surface area (Å²) in [7, 11) is 1.71. The molecule has 1 rings (SSSR count). The summed E-state index contributed by atoms with van der Waals surface area (Å²) in [6.07, 6.45) is 4.67. The quantitative estimate of drug-likeness (QED) is 0.719. The zero-order chi connectivity index (χ0) is 13.4. The number of unbranched alkanes of at least 4 members (excludes halogenated alkanes) is 2. The molecule has 18 heavy (non-hydrogen) atoms. The Hall–Kier alpha value is -0.730. The third kappa shape index (κ3) is 5.74. The van der Waals surface area contributed by atoms with Gasteiger partial charge in [0, 0.05) is 11.1 Å². The Labute approximate surface area is 116 Å². The van der Waals surface area contributed by atoms with Gasteiger partial charge < -0.3 is 10.1 Å². The highest BCUT2D eigenvalue weighted by molar-refractivity contribution is 6.30. The van der Waals surface area contributed by atoms with Gasteiger partial charge in [-0.25, -0.2) is 0 Å². The first-order chi connectivity index (χ1) is 8.63. The minimum absolute atomic E-state index is 0.582. The van der Waals surface area contributed by atoms with Crippen LogP contribution in [-0.2, 0) is 6.42 Å². The van der Waals surface area contributed by atoms with Gasteiger partial charge in [-0.3, -0.25) is 0 Å². The first-order valence-electron chi connectivity index (χ1n) is 6.69. The van der Waals surface area contributed by atoms with E-state index in [0.29, 0.717) is 6.04 Å². The molecule has 0 aromatic heterocycles. The van der Waals surface area contributed by atoms with Crippen molar-refractivity contribution in [2.45, 2.75) is 45.6 Å². The zero-order valence-electron chi connectivity index (χ0n) is 11.6. The molecule has 0 heterocycles. The van der Waals surface area contributed by atoms with E-state index in [1.54, 1.807) is 7.11 Å². The summed E-state index contributed by atoms with van der Waals surface area (Å²) in [6.45, 7) is 5.46. The second kappa shape index (κ2) is 8.39. The lowest BCUT2D eigenvalue weighted by Crippen LogP contribution is -2.23. The molecular formula is C15H24ClNO. The number of nitrogens with one attached hydrogen (secondary N) is 1. The predicted molar refractivity (Wildman–Crippen MR) is 78.7 cm³/mol. The minimum Gasteiger partial charge on any atom is -0.496 e. The van der Waals surface area contributed by atoms with Gasteiger partial charge in [-0.15, -0.1) is 0 Å². The Morgan fingerprint density at radius 2 is 2.00 bits per heavy atom. The van der Waals surface area contributed by atoms with Crippen molar-refractivity contribution in [1.29, 1.82) is 0 Å². The van der Waals surface area contributed by atoms with Crippen LogP contribution in [0.25, 0.3) is 0 Å². The molecule has 0 spiro atoms. The number of methoxy groups -OCH3 is 1. The number of hydrogen-bond donors (Lipinski definition) is 1. The Kier molecular flexibility index (Phi) is 7.14. The summed E-state index contributed by atoms with van der Waals surface area (Å²) < 4.78 is 5.34. The van der Waals surface area contributed by atoms with E-state index in [1.807, 2.05) is 18.2 Å². The number of aryl methyl sites for hydroxylation is 1. The van der Waals surface area contributed by atoms with Crippen LogP contribution in [0.3, 0.4) is 0 Å². The molecule has 1 aromatic rings. The van der Waals surface area contributed by atoms with E-state index in [2.05, 4.69) is 19.2 Å². The maximum Gasteiger partial charge on any atom is 0.122 e.